The molecule has 0 aliphatic carbocycles. The number of aryl methyl sites for hydroxylation is 1. The summed E-state index contributed by atoms with van der Waals surface area (Å²) in [6.07, 6.45) is 1.46. The van der Waals surface area contributed by atoms with Gasteiger partial charge in [-0.25, -0.2) is 9.69 Å². The summed E-state index contributed by atoms with van der Waals surface area (Å²) in [6, 6.07) is 22.8. The Bertz CT molecular complexity index is 1170. The molecule has 0 aromatic heterocycles. The molecule has 4 rings (SSSR count). The van der Waals surface area contributed by atoms with Gasteiger partial charge in [0.05, 0.1) is 5.69 Å². The number of carbonyl (C=O) groups is 3. The van der Waals surface area contributed by atoms with Gasteiger partial charge in [-0.15, -0.1) is 0 Å². The Morgan fingerprint density at radius 3 is 2.39 bits per heavy atom. The molecule has 0 saturated carbocycles. The summed E-state index contributed by atoms with van der Waals surface area (Å²) >= 11 is 0. The topological polar surface area (TPSA) is 75.7 Å². The van der Waals surface area contributed by atoms with Gasteiger partial charge in [-0.3, -0.25) is 14.9 Å². The molecule has 154 valence electrons. The van der Waals surface area contributed by atoms with Crippen LogP contribution in [0.4, 0.5) is 10.5 Å². The van der Waals surface area contributed by atoms with Crippen LogP contribution in [-0.4, -0.2) is 17.8 Å². The average molecular weight is 412 g/mol. The van der Waals surface area contributed by atoms with Crippen LogP contribution < -0.4 is 15.0 Å². The van der Waals surface area contributed by atoms with Crippen LogP contribution in [0.25, 0.3) is 6.08 Å². The molecule has 4 amide bonds. The van der Waals surface area contributed by atoms with Crippen molar-refractivity contribution in [3.8, 4) is 5.75 Å². The van der Waals surface area contributed by atoms with Gasteiger partial charge in [0.1, 0.15) is 17.9 Å². The highest BCUT2D eigenvalue weighted by molar-refractivity contribution is 6.39. The second-order valence-corrected chi connectivity index (χ2v) is 7.14. The monoisotopic (exact) mass is 412 g/mol. The Morgan fingerprint density at radius 2 is 1.65 bits per heavy atom. The average Bonchev–Trinajstić information content (AvgIpc) is 2.77. The minimum absolute atomic E-state index is 0.126. The van der Waals surface area contributed by atoms with E-state index in [0.717, 1.165) is 10.5 Å². The number of barbiturate groups is 1. The summed E-state index contributed by atoms with van der Waals surface area (Å²) in [5, 5.41) is 2.22. The highest BCUT2D eigenvalue weighted by Crippen LogP contribution is 2.23. The highest BCUT2D eigenvalue weighted by atomic mass is 16.5. The quantitative estimate of drug-likeness (QED) is 0.502. The van der Waals surface area contributed by atoms with Gasteiger partial charge in [0.2, 0.25) is 0 Å². The van der Waals surface area contributed by atoms with Crippen molar-refractivity contribution < 1.29 is 19.1 Å². The van der Waals surface area contributed by atoms with Gasteiger partial charge in [0, 0.05) is 0 Å². The van der Waals surface area contributed by atoms with E-state index in [1.807, 2.05) is 31.2 Å². The van der Waals surface area contributed by atoms with E-state index in [4.69, 9.17) is 4.74 Å². The van der Waals surface area contributed by atoms with Gasteiger partial charge in [-0.1, -0.05) is 60.2 Å². The standard InChI is InChI=1S/C25H20N2O4/c1-17-10-12-18(13-11-17)16-31-21-9-5-6-19(14-21)15-22-23(28)26-25(30)27(24(22)29)20-7-3-2-4-8-20/h2-15H,16H2,1H3,(H,26,28,30)/b22-15+. The van der Waals surface area contributed by atoms with Gasteiger partial charge < -0.3 is 4.74 Å². The van der Waals surface area contributed by atoms with Gasteiger partial charge in [0.15, 0.2) is 0 Å². The molecule has 1 N–H and O–H groups in total. The zero-order chi connectivity index (χ0) is 21.8. The molecule has 1 aliphatic rings. The molecule has 1 heterocycles. The van der Waals surface area contributed by atoms with Gasteiger partial charge >= 0.3 is 6.03 Å². The van der Waals surface area contributed by atoms with E-state index in [9.17, 15) is 14.4 Å². The number of amides is 4. The maximum absolute atomic E-state index is 12.9. The minimum Gasteiger partial charge on any atom is -0.489 e. The molecule has 1 fully saturated rings. The number of ether oxygens (including phenoxy) is 1. The van der Waals surface area contributed by atoms with Crippen molar-refractivity contribution in [2.45, 2.75) is 13.5 Å². The molecular weight excluding hydrogens is 392 g/mol. The summed E-state index contributed by atoms with van der Waals surface area (Å²) in [5.41, 5.74) is 3.09. The normalized spacial score (nSPS) is 15.2. The minimum atomic E-state index is -0.770. The number of rotatable bonds is 5. The van der Waals surface area contributed by atoms with Crippen LogP contribution in [0.5, 0.6) is 5.75 Å². The van der Waals surface area contributed by atoms with Crippen molar-refractivity contribution in [1.29, 1.82) is 0 Å². The lowest BCUT2D eigenvalue weighted by atomic mass is 10.1. The first-order valence-electron chi connectivity index (χ1n) is 9.76. The fraction of sp³-hybridized carbons (Fsp3) is 0.0800. The number of urea groups is 1. The van der Waals surface area contributed by atoms with Crippen molar-refractivity contribution in [3.05, 3.63) is 101 Å². The number of nitrogens with one attached hydrogen (secondary N) is 1. The Kier molecular flexibility index (Phi) is 5.62. The van der Waals surface area contributed by atoms with Gasteiger partial charge in [-0.2, -0.15) is 0 Å². The van der Waals surface area contributed by atoms with Crippen molar-refractivity contribution in [2.75, 3.05) is 4.90 Å². The predicted molar refractivity (Wildman–Crippen MR) is 117 cm³/mol. The second kappa shape index (κ2) is 8.67. The number of imide groups is 2. The zero-order valence-corrected chi connectivity index (χ0v) is 16.9. The number of benzene rings is 3. The lowest BCUT2D eigenvalue weighted by molar-refractivity contribution is -0.122. The number of nitrogens with zero attached hydrogens (tertiary/aromatic N) is 1. The second-order valence-electron chi connectivity index (χ2n) is 7.14. The number of hydrogen-bond acceptors (Lipinski definition) is 4. The summed E-state index contributed by atoms with van der Waals surface area (Å²) in [4.78, 5) is 38.4. The molecule has 3 aromatic rings. The molecule has 0 spiro atoms. The van der Waals surface area contributed by atoms with E-state index in [1.165, 1.54) is 11.6 Å². The molecule has 1 saturated heterocycles. The summed E-state index contributed by atoms with van der Waals surface area (Å²) < 4.78 is 5.84. The first-order chi connectivity index (χ1) is 15.0. The van der Waals surface area contributed by atoms with Crippen LogP contribution >= 0.6 is 0 Å². The first-order valence-corrected chi connectivity index (χ1v) is 9.76. The molecule has 0 radical (unpaired) electrons. The number of anilines is 1. The van der Waals surface area contributed by atoms with Crippen molar-refractivity contribution >= 4 is 29.6 Å². The number of hydrogen-bond donors (Lipinski definition) is 1. The van der Waals surface area contributed by atoms with E-state index in [-0.39, 0.29) is 5.57 Å². The van der Waals surface area contributed by atoms with E-state index in [0.29, 0.717) is 23.6 Å². The molecule has 0 atom stereocenters. The van der Waals surface area contributed by atoms with Gasteiger partial charge in [0.25, 0.3) is 11.8 Å². The van der Waals surface area contributed by atoms with Gasteiger partial charge in [-0.05, 0) is 48.4 Å². The zero-order valence-electron chi connectivity index (χ0n) is 16.9. The Balaban J connectivity index is 1.56. The molecule has 6 nitrogen and oxygen atoms in total. The largest absolute Gasteiger partial charge is 0.489 e. The fourth-order valence-corrected chi connectivity index (χ4v) is 3.18. The molecule has 3 aromatic carbocycles. The maximum Gasteiger partial charge on any atom is 0.335 e. The van der Waals surface area contributed by atoms with Crippen LogP contribution in [0.1, 0.15) is 16.7 Å². The highest BCUT2D eigenvalue weighted by Gasteiger charge is 2.36. The van der Waals surface area contributed by atoms with Crippen LogP contribution in [-0.2, 0) is 16.2 Å². The maximum atomic E-state index is 12.9. The lowest BCUT2D eigenvalue weighted by Gasteiger charge is -2.26. The van der Waals surface area contributed by atoms with E-state index in [1.54, 1.807) is 54.6 Å². The van der Waals surface area contributed by atoms with Crippen molar-refractivity contribution in [2.24, 2.45) is 0 Å². The van der Waals surface area contributed by atoms with Crippen molar-refractivity contribution in [1.82, 2.24) is 5.32 Å². The third-order valence-electron chi connectivity index (χ3n) is 4.81. The Labute approximate surface area is 179 Å². The predicted octanol–water partition coefficient (Wildman–Crippen LogP) is 4.24. The third kappa shape index (κ3) is 4.53. The molecular formula is C25H20N2O4. The number of para-hydroxylation sites is 1. The number of carbonyl (C=O) groups excluding carboxylic acids is 3. The summed E-state index contributed by atoms with van der Waals surface area (Å²) in [5.74, 6) is -0.798. The molecule has 31 heavy (non-hydrogen) atoms. The molecule has 0 unspecified atom stereocenters. The summed E-state index contributed by atoms with van der Waals surface area (Å²) in [7, 11) is 0. The van der Waals surface area contributed by atoms with Crippen LogP contribution in [0.2, 0.25) is 0 Å². The first kappa shape index (κ1) is 20.1. The van der Waals surface area contributed by atoms with Crippen LogP contribution in [0.15, 0.2) is 84.4 Å². The van der Waals surface area contributed by atoms with E-state index in [2.05, 4.69) is 5.32 Å². The molecule has 6 heteroatoms. The molecule has 0 bridgehead atoms. The van der Waals surface area contributed by atoms with Crippen LogP contribution in [0, 0.1) is 6.92 Å². The Morgan fingerprint density at radius 1 is 0.903 bits per heavy atom. The summed E-state index contributed by atoms with van der Waals surface area (Å²) in [6.45, 7) is 2.42. The van der Waals surface area contributed by atoms with E-state index < -0.39 is 17.8 Å². The SMILES string of the molecule is Cc1ccc(COc2cccc(/C=C3\C(=O)NC(=O)N(c4ccccc4)C3=O)c2)cc1. The fourth-order valence-electron chi connectivity index (χ4n) is 3.18. The van der Waals surface area contributed by atoms with E-state index >= 15 is 0 Å². The van der Waals surface area contributed by atoms with Crippen LogP contribution in [0.3, 0.4) is 0 Å². The van der Waals surface area contributed by atoms with Crippen molar-refractivity contribution in [3.63, 3.8) is 0 Å². The third-order valence-corrected chi connectivity index (χ3v) is 4.81. The smallest absolute Gasteiger partial charge is 0.335 e. The molecule has 1 aliphatic heterocycles. The Hall–Kier alpha value is -4.19. The lowest BCUT2D eigenvalue weighted by Crippen LogP contribution is -2.54.